The van der Waals surface area contributed by atoms with E-state index in [2.05, 4.69) is 10.3 Å². The number of anilines is 1. The fraction of sp³-hybridized carbons (Fsp3) is 0.263. The van der Waals surface area contributed by atoms with Crippen molar-refractivity contribution in [3.8, 4) is 17.2 Å². The van der Waals surface area contributed by atoms with E-state index in [9.17, 15) is 4.79 Å². The number of nitrogens with one attached hydrogen (secondary N) is 1. The van der Waals surface area contributed by atoms with Crippen molar-refractivity contribution in [3.05, 3.63) is 41.4 Å². The highest BCUT2D eigenvalue weighted by atomic mass is 35.5. The number of amides is 1. The maximum Gasteiger partial charge on any atom is 0.269 e. The Morgan fingerprint density at radius 1 is 1.19 bits per heavy atom. The van der Waals surface area contributed by atoms with Crippen LogP contribution in [0.4, 0.5) is 5.13 Å². The Morgan fingerprint density at radius 3 is 2.56 bits per heavy atom. The number of carbonyl (C=O) groups excluding carboxylic acids is 1. The van der Waals surface area contributed by atoms with Gasteiger partial charge in [-0.3, -0.25) is 10.1 Å². The predicted molar refractivity (Wildman–Crippen MR) is 105 cm³/mol. The Balaban J connectivity index is 1.52. The van der Waals surface area contributed by atoms with Gasteiger partial charge in [-0.05, 0) is 38.1 Å². The van der Waals surface area contributed by atoms with Gasteiger partial charge in [0.15, 0.2) is 22.2 Å². The average Bonchev–Trinajstić information content (AvgIpc) is 3.02. The van der Waals surface area contributed by atoms with E-state index in [1.165, 1.54) is 11.3 Å². The average molecular weight is 405 g/mol. The number of ether oxygens (including phenoxy) is 3. The lowest BCUT2D eigenvalue weighted by molar-refractivity contribution is -0.128. The lowest BCUT2D eigenvalue weighted by Crippen LogP contribution is -2.42. The summed E-state index contributed by atoms with van der Waals surface area (Å²) in [4.78, 5) is 17.2. The number of benzene rings is 2. The normalized spacial score (nSPS) is 13.4. The van der Waals surface area contributed by atoms with Gasteiger partial charge >= 0.3 is 0 Å². The number of hydrogen-bond acceptors (Lipinski definition) is 6. The van der Waals surface area contributed by atoms with Gasteiger partial charge in [0.25, 0.3) is 5.91 Å². The molecule has 2 heterocycles. The molecule has 0 saturated heterocycles. The van der Waals surface area contributed by atoms with Crippen molar-refractivity contribution in [2.75, 3.05) is 18.5 Å². The van der Waals surface area contributed by atoms with E-state index in [4.69, 9.17) is 25.8 Å². The quantitative estimate of drug-likeness (QED) is 0.692. The Morgan fingerprint density at radius 2 is 1.85 bits per heavy atom. The molecule has 0 fully saturated rings. The minimum absolute atomic E-state index is 0.297. The molecule has 0 unspecified atom stereocenters. The zero-order chi connectivity index (χ0) is 19.0. The van der Waals surface area contributed by atoms with Crippen molar-refractivity contribution in [2.45, 2.75) is 19.4 Å². The fourth-order valence-corrected chi connectivity index (χ4v) is 3.61. The summed E-state index contributed by atoms with van der Waals surface area (Å²) in [7, 11) is 0. The van der Waals surface area contributed by atoms with Gasteiger partial charge in [-0.1, -0.05) is 22.9 Å². The van der Waals surface area contributed by atoms with Crippen molar-refractivity contribution >= 4 is 44.2 Å². The molecule has 0 bridgehead atoms. The third-order valence-corrected chi connectivity index (χ3v) is 5.19. The molecule has 0 aliphatic carbocycles. The van der Waals surface area contributed by atoms with E-state index in [0.717, 1.165) is 10.2 Å². The molecule has 0 spiro atoms. The Labute approximate surface area is 165 Å². The topological polar surface area (TPSA) is 69.7 Å². The summed E-state index contributed by atoms with van der Waals surface area (Å²) in [6.07, 6.45) is 0. The maximum atomic E-state index is 12.7. The summed E-state index contributed by atoms with van der Waals surface area (Å²) in [6, 6.07) is 10.6. The van der Waals surface area contributed by atoms with Gasteiger partial charge in [0.2, 0.25) is 0 Å². The molecule has 0 saturated carbocycles. The van der Waals surface area contributed by atoms with Crippen LogP contribution in [0.15, 0.2) is 36.4 Å². The van der Waals surface area contributed by atoms with E-state index in [-0.39, 0.29) is 5.91 Å². The highest BCUT2D eigenvalue weighted by Crippen LogP contribution is 2.38. The first-order valence-corrected chi connectivity index (χ1v) is 9.56. The fourth-order valence-electron chi connectivity index (χ4n) is 2.61. The molecule has 4 rings (SSSR count). The van der Waals surface area contributed by atoms with Crippen LogP contribution in [0, 0.1) is 0 Å². The lowest BCUT2D eigenvalue weighted by atomic mass is 10.1. The van der Waals surface area contributed by atoms with Gasteiger partial charge in [-0.15, -0.1) is 0 Å². The van der Waals surface area contributed by atoms with Gasteiger partial charge in [0, 0.05) is 17.2 Å². The summed E-state index contributed by atoms with van der Waals surface area (Å²) >= 11 is 7.25. The smallest absolute Gasteiger partial charge is 0.269 e. The van der Waals surface area contributed by atoms with E-state index >= 15 is 0 Å². The standard InChI is InChI=1S/C19H17ClN2O4S/c1-19(2,26-12-5-3-11(20)4-6-12)17(23)22-18-21-13-9-14-15(10-16(13)27-18)25-8-7-24-14/h3-6,9-10H,7-8H2,1-2H3,(H,21,22,23). The Bertz CT molecular complexity index is 958. The molecule has 2 aromatic carbocycles. The molecule has 1 aliphatic heterocycles. The first-order valence-electron chi connectivity index (χ1n) is 8.37. The highest BCUT2D eigenvalue weighted by molar-refractivity contribution is 7.22. The zero-order valence-electron chi connectivity index (χ0n) is 14.7. The van der Waals surface area contributed by atoms with Gasteiger partial charge in [0.05, 0.1) is 10.2 Å². The van der Waals surface area contributed by atoms with Crippen LogP contribution in [0.1, 0.15) is 13.8 Å². The summed E-state index contributed by atoms with van der Waals surface area (Å²) in [5, 5.41) is 3.93. The maximum absolute atomic E-state index is 12.7. The molecule has 140 valence electrons. The molecule has 1 N–H and O–H groups in total. The zero-order valence-corrected chi connectivity index (χ0v) is 16.3. The molecule has 27 heavy (non-hydrogen) atoms. The van der Waals surface area contributed by atoms with Crippen molar-refractivity contribution in [3.63, 3.8) is 0 Å². The number of rotatable bonds is 4. The number of fused-ring (bicyclic) bond motifs is 2. The lowest BCUT2D eigenvalue weighted by Gasteiger charge is -2.24. The predicted octanol–water partition coefficient (Wildman–Crippen LogP) is 4.52. The molecule has 1 aliphatic rings. The van der Waals surface area contributed by atoms with Crippen LogP contribution in [0.3, 0.4) is 0 Å². The number of nitrogens with zero attached hydrogens (tertiary/aromatic N) is 1. The Kier molecular flexibility index (Phi) is 4.57. The number of aromatic nitrogens is 1. The van der Waals surface area contributed by atoms with Crippen LogP contribution in [0.2, 0.25) is 5.02 Å². The second kappa shape index (κ2) is 6.90. The van der Waals surface area contributed by atoms with E-state index in [1.807, 2.05) is 12.1 Å². The van der Waals surface area contributed by atoms with Crippen molar-refractivity contribution in [1.29, 1.82) is 0 Å². The largest absolute Gasteiger partial charge is 0.486 e. The molecule has 6 nitrogen and oxygen atoms in total. The molecule has 0 radical (unpaired) electrons. The number of carbonyl (C=O) groups is 1. The summed E-state index contributed by atoms with van der Waals surface area (Å²) < 4.78 is 17.9. The Hall–Kier alpha value is -2.51. The van der Waals surface area contributed by atoms with Gasteiger partial charge in [-0.2, -0.15) is 0 Å². The van der Waals surface area contributed by atoms with Crippen LogP contribution < -0.4 is 19.5 Å². The second-order valence-corrected chi connectivity index (χ2v) is 7.97. The van der Waals surface area contributed by atoms with Crippen LogP contribution in [0.25, 0.3) is 10.2 Å². The van der Waals surface area contributed by atoms with Crippen LogP contribution >= 0.6 is 22.9 Å². The third kappa shape index (κ3) is 3.79. The second-order valence-electron chi connectivity index (χ2n) is 6.50. The first kappa shape index (κ1) is 17.9. The number of halogens is 1. The number of hydrogen-bond donors (Lipinski definition) is 1. The summed E-state index contributed by atoms with van der Waals surface area (Å²) in [6.45, 7) is 4.44. The van der Waals surface area contributed by atoms with Crippen LogP contribution in [-0.4, -0.2) is 29.7 Å². The number of thiazole rings is 1. The molecule has 8 heteroatoms. The molecular weight excluding hydrogens is 388 g/mol. The molecule has 1 amide bonds. The highest BCUT2D eigenvalue weighted by Gasteiger charge is 2.31. The third-order valence-electron chi connectivity index (χ3n) is 4.01. The van der Waals surface area contributed by atoms with Crippen molar-refractivity contribution in [2.24, 2.45) is 0 Å². The SMILES string of the molecule is CC(C)(Oc1ccc(Cl)cc1)C(=O)Nc1nc2cc3c(cc2s1)OCCO3. The summed E-state index contributed by atoms with van der Waals surface area (Å²) in [5.74, 6) is 1.63. The molecule has 1 aromatic heterocycles. The van der Waals surface area contributed by atoms with Crippen molar-refractivity contribution in [1.82, 2.24) is 4.98 Å². The van der Waals surface area contributed by atoms with Crippen molar-refractivity contribution < 1.29 is 19.0 Å². The van der Waals surface area contributed by atoms with E-state index in [1.54, 1.807) is 38.1 Å². The van der Waals surface area contributed by atoms with Gasteiger partial charge in [-0.25, -0.2) is 4.98 Å². The van der Waals surface area contributed by atoms with Crippen LogP contribution in [-0.2, 0) is 4.79 Å². The molecule has 0 atom stereocenters. The van der Waals surface area contributed by atoms with E-state index in [0.29, 0.717) is 40.6 Å². The minimum atomic E-state index is -1.09. The molecule has 3 aromatic rings. The molecular formula is C19H17ClN2O4S. The summed E-state index contributed by atoms with van der Waals surface area (Å²) in [5.41, 5.74) is -0.340. The van der Waals surface area contributed by atoms with E-state index < -0.39 is 5.60 Å². The van der Waals surface area contributed by atoms with Gasteiger partial charge < -0.3 is 14.2 Å². The van der Waals surface area contributed by atoms with Crippen LogP contribution in [0.5, 0.6) is 17.2 Å². The monoisotopic (exact) mass is 404 g/mol. The minimum Gasteiger partial charge on any atom is -0.486 e. The first-order chi connectivity index (χ1) is 12.9. The van der Waals surface area contributed by atoms with Gasteiger partial charge in [0.1, 0.15) is 19.0 Å².